The molecule has 3 aromatic rings. The summed E-state index contributed by atoms with van der Waals surface area (Å²) in [6.07, 6.45) is -1.01. The maximum atomic E-state index is 15.4. The van der Waals surface area contributed by atoms with Crippen LogP contribution in [0.15, 0.2) is 84.3 Å². The number of ether oxygens (including phenoxy) is 2. The fraction of sp³-hybridized carbons (Fsp3) is 0.425. The first-order chi connectivity index (χ1) is 26.5. The van der Waals surface area contributed by atoms with E-state index in [0.29, 0.717) is 29.3 Å². The third-order valence-corrected chi connectivity index (χ3v) is 13.7. The Bertz CT molecular complexity index is 1990. The summed E-state index contributed by atoms with van der Waals surface area (Å²) in [5.41, 5.74) is -1.35. The standard InChI is InChI=1S/C40H44N2O11S2/c43-13-3-8-31-40-27(16-25(17-30(40)46)15-23-4-1-5-24(14-23)19-44)34(47)26-6-2-7-28(33(26)36(40)49)52-38-37(50)39(51,35(48)29(20-45)53-38)11-9-22-10-12-41-32(18-22)42-21-54-55-31/h1-2,4-7,10,12,14,16-18,27,29,31,35,37-38,43-46,48,50-51H,3,8-9,11,13,15,19-21H2,(H,41,42)/t27-,29-,31+,35-,37+,38-,39+,40+/m1/s1. The second-order valence-corrected chi connectivity index (χ2v) is 16.9. The van der Waals surface area contributed by atoms with E-state index in [-0.39, 0.29) is 61.5 Å². The second kappa shape index (κ2) is 16.4. The van der Waals surface area contributed by atoms with E-state index in [1.54, 1.807) is 30.5 Å². The molecule has 1 saturated heterocycles. The molecule has 1 aromatic heterocycles. The van der Waals surface area contributed by atoms with Crippen LogP contribution in [0.3, 0.4) is 0 Å². The number of aromatic nitrogens is 1. The first-order valence-corrected chi connectivity index (χ1v) is 20.5. The number of allylic oxidation sites excluding steroid dienone is 4. The number of anilines is 1. The molecule has 2 aliphatic carbocycles. The molecule has 8 N–H and O–H groups in total. The van der Waals surface area contributed by atoms with Gasteiger partial charge in [0.15, 0.2) is 11.6 Å². The van der Waals surface area contributed by atoms with Crippen LogP contribution in [0.1, 0.15) is 56.7 Å². The first-order valence-electron chi connectivity index (χ1n) is 18.2. The smallest absolute Gasteiger partial charge is 0.229 e. The summed E-state index contributed by atoms with van der Waals surface area (Å²) in [5.74, 6) is -1.91. The van der Waals surface area contributed by atoms with E-state index in [2.05, 4.69) is 10.3 Å². The minimum Gasteiger partial charge on any atom is -0.511 e. The summed E-state index contributed by atoms with van der Waals surface area (Å²) in [5, 5.41) is 79.3. The molecule has 4 aliphatic rings. The van der Waals surface area contributed by atoms with Crippen LogP contribution in [0.5, 0.6) is 5.75 Å². The van der Waals surface area contributed by atoms with Crippen LogP contribution >= 0.6 is 21.6 Å². The van der Waals surface area contributed by atoms with Gasteiger partial charge in [0.25, 0.3) is 0 Å². The second-order valence-electron chi connectivity index (χ2n) is 14.3. The molecule has 15 heteroatoms. The third-order valence-electron chi connectivity index (χ3n) is 11.0. The van der Waals surface area contributed by atoms with Gasteiger partial charge in [-0.15, -0.1) is 0 Å². The molecule has 55 heavy (non-hydrogen) atoms. The molecular weight excluding hydrogens is 749 g/mol. The van der Waals surface area contributed by atoms with Gasteiger partial charge in [-0.2, -0.15) is 0 Å². The van der Waals surface area contributed by atoms with Crippen molar-refractivity contribution in [2.45, 2.75) is 74.2 Å². The van der Waals surface area contributed by atoms with Crippen molar-refractivity contribution in [1.29, 1.82) is 0 Å². The number of hydrogen-bond acceptors (Lipinski definition) is 15. The summed E-state index contributed by atoms with van der Waals surface area (Å²) in [6, 6.07) is 15.2. The fourth-order valence-electron chi connectivity index (χ4n) is 8.15. The van der Waals surface area contributed by atoms with Crippen molar-refractivity contribution in [1.82, 2.24) is 4.98 Å². The van der Waals surface area contributed by atoms with E-state index in [9.17, 15) is 40.5 Å². The lowest BCUT2D eigenvalue weighted by Crippen LogP contribution is -2.68. The maximum absolute atomic E-state index is 15.4. The topological polar surface area (TPSA) is 219 Å². The fourth-order valence-corrected chi connectivity index (χ4v) is 11.0. The zero-order valence-corrected chi connectivity index (χ0v) is 31.4. The molecule has 6 bridgehead atoms. The van der Waals surface area contributed by atoms with E-state index in [4.69, 9.17) is 9.47 Å². The highest BCUT2D eigenvalue weighted by molar-refractivity contribution is 8.77. The number of carbonyl (C=O) groups excluding carboxylic acids is 2. The predicted molar refractivity (Wildman–Crippen MR) is 206 cm³/mol. The number of rotatable bonds is 7. The zero-order chi connectivity index (χ0) is 38.9. The van der Waals surface area contributed by atoms with Gasteiger partial charge in [0.1, 0.15) is 46.7 Å². The highest BCUT2D eigenvalue weighted by Crippen LogP contribution is 2.57. The van der Waals surface area contributed by atoms with Gasteiger partial charge in [0.2, 0.25) is 6.29 Å². The van der Waals surface area contributed by atoms with E-state index in [0.717, 1.165) is 11.1 Å². The summed E-state index contributed by atoms with van der Waals surface area (Å²) in [6.45, 7) is -1.09. The van der Waals surface area contributed by atoms with Crippen molar-refractivity contribution in [2.24, 2.45) is 11.3 Å². The molecule has 8 atom stereocenters. The van der Waals surface area contributed by atoms with Crippen LogP contribution in [0.2, 0.25) is 0 Å². The van der Waals surface area contributed by atoms with Crippen molar-refractivity contribution >= 4 is 39.0 Å². The highest BCUT2D eigenvalue weighted by Gasteiger charge is 2.62. The zero-order valence-electron chi connectivity index (χ0n) is 29.8. The van der Waals surface area contributed by atoms with Crippen molar-refractivity contribution in [3.05, 3.63) is 112 Å². The van der Waals surface area contributed by atoms with E-state index >= 15 is 4.79 Å². The van der Waals surface area contributed by atoms with Gasteiger partial charge in [-0.1, -0.05) is 64.1 Å². The van der Waals surface area contributed by atoms with E-state index in [1.807, 2.05) is 18.2 Å². The van der Waals surface area contributed by atoms with Crippen molar-refractivity contribution in [3.63, 3.8) is 0 Å². The number of hydrogen-bond donors (Lipinski definition) is 8. The molecule has 1 fully saturated rings. The average molecular weight is 793 g/mol. The van der Waals surface area contributed by atoms with Gasteiger partial charge in [0, 0.05) is 23.6 Å². The molecule has 7 rings (SSSR count). The van der Waals surface area contributed by atoms with Crippen LogP contribution in [0.4, 0.5) is 5.82 Å². The minimum absolute atomic E-state index is 0.0224. The monoisotopic (exact) mass is 792 g/mol. The number of aliphatic hydroxyl groups excluding tert-OH is 6. The van der Waals surface area contributed by atoms with Gasteiger partial charge in [0.05, 0.1) is 30.6 Å². The number of carbonyl (C=O) groups is 2. The molecule has 0 saturated carbocycles. The number of fused-ring (bicyclic) bond motifs is 4. The Kier molecular flexibility index (Phi) is 11.7. The Balaban J connectivity index is 1.37. The SMILES string of the molecule is O=C1c2cccc3c2C(=O)[C@@]2(C(O)=CC(Cc4cccc(CO)c4)=C[C@H]12)[C@H](CCCO)SSCNc1cc(ccn1)CC[C@]1(O)[C@H](O)[C@@H](CO)O[C@@H](O3)[C@@H]1O. The number of nitrogens with one attached hydrogen (secondary N) is 1. The molecule has 0 amide bonds. The van der Waals surface area contributed by atoms with E-state index < -0.39 is 65.0 Å². The molecule has 3 heterocycles. The lowest BCUT2D eigenvalue weighted by Gasteiger charge is -2.49. The lowest BCUT2D eigenvalue weighted by molar-refractivity contribution is -0.315. The molecule has 292 valence electrons. The highest BCUT2D eigenvalue weighted by atomic mass is 33.1. The Morgan fingerprint density at radius 2 is 1.80 bits per heavy atom. The van der Waals surface area contributed by atoms with Gasteiger partial charge in [-0.3, -0.25) is 9.59 Å². The molecule has 13 nitrogen and oxygen atoms in total. The van der Waals surface area contributed by atoms with Gasteiger partial charge < -0.3 is 50.5 Å². The van der Waals surface area contributed by atoms with Crippen LogP contribution in [0.25, 0.3) is 0 Å². The molecule has 0 unspecified atom stereocenters. The van der Waals surface area contributed by atoms with Gasteiger partial charge >= 0.3 is 0 Å². The van der Waals surface area contributed by atoms with Crippen LogP contribution in [-0.4, -0.2) is 107 Å². The summed E-state index contributed by atoms with van der Waals surface area (Å²) >= 11 is 0. The Morgan fingerprint density at radius 3 is 2.58 bits per heavy atom. The van der Waals surface area contributed by atoms with Crippen molar-refractivity contribution in [3.8, 4) is 5.75 Å². The van der Waals surface area contributed by atoms with Gasteiger partial charge in [-0.05, 0) is 78.6 Å². The average Bonchev–Trinajstić information content (AvgIpc) is 3.19. The Morgan fingerprint density at radius 1 is 1.00 bits per heavy atom. The van der Waals surface area contributed by atoms with E-state index in [1.165, 1.54) is 45.9 Å². The first kappa shape index (κ1) is 39.5. The van der Waals surface area contributed by atoms with Crippen LogP contribution < -0.4 is 10.1 Å². The van der Waals surface area contributed by atoms with Crippen LogP contribution in [0, 0.1) is 11.3 Å². The summed E-state index contributed by atoms with van der Waals surface area (Å²) in [4.78, 5) is 34.6. The third kappa shape index (κ3) is 7.22. The Labute approximate surface area is 325 Å². The number of pyridine rings is 1. The molecule has 2 aliphatic heterocycles. The maximum Gasteiger partial charge on any atom is 0.229 e. The number of aryl methyl sites for hydroxylation is 1. The lowest BCUT2D eigenvalue weighted by atomic mass is 9.57. The molecule has 0 radical (unpaired) electrons. The Hall–Kier alpha value is -3.77. The molecule has 2 aromatic carbocycles. The van der Waals surface area contributed by atoms with Crippen LogP contribution in [-0.2, 0) is 24.2 Å². The summed E-state index contributed by atoms with van der Waals surface area (Å²) in [7, 11) is 2.67. The number of benzene rings is 2. The predicted octanol–water partition coefficient (Wildman–Crippen LogP) is 3.27. The van der Waals surface area contributed by atoms with Gasteiger partial charge in [-0.25, -0.2) is 4.98 Å². The summed E-state index contributed by atoms with van der Waals surface area (Å²) < 4.78 is 12.0. The van der Waals surface area contributed by atoms with Crippen molar-refractivity contribution in [2.75, 3.05) is 24.4 Å². The van der Waals surface area contributed by atoms with Crippen molar-refractivity contribution < 1.29 is 54.8 Å². The quantitative estimate of drug-likeness (QED) is 0.161. The number of aliphatic hydroxyl groups is 7. The number of ketones is 2. The minimum atomic E-state index is -2.23. The molecule has 1 spiro atoms. The molecular formula is C40H44N2O11S2. The number of nitrogens with zero attached hydrogens (tertiary/aromatic N) is 1. The number of Topliss-reactive ketones (excluding diaryl/α,β-unsaturated/α-hetero) is 2. The largest absolute Gasteiger partial charge is 0.511 e. The normalized spacial score (nSPS) is 30.8.